The van der Waals surface area contributed by atoms with Crippen LogP contribution in [0.2, 0.25) is 0 Å². The number of rotatable bonds is 4. The van der Waals surface area contributed by atoms with Gasteiger partial charge in [-0.15, -0.1) is 0 Å². The molecule has 12 heavy (non-hydrogen) atoms. The van der Waals surface area contributed by atoms with Crippen LogP contribution in [0, 0.1) is 0 Å². The van der Waals surface area contributed by atoms with Crippen molar-refractivity contribution in [1.82, 2.24) is 5.32 Å². The van der Waals surface area contributed by atoms with Crippen molar-refractivity contribution >= 4 is 22.6 Å². The van der Waals surface area contributed by atoms with Gasteiger partial charge in [0.25, 0.3) is 0 Å². The van der Waals surface area contributed by atoms with Crippen LogP contribution in [0.5, 0.6) is 0 Å². The van der Waals surface area contributed by atoms with Gasteiger partial charge in [-0.1, -0.05) is 46.9 Å². The molecule has 1 nitrogen and oxygen atoms in total. The van der Waals surface area contributed by atoms with Crippen LogP contribution in [0.3, 0.4) is 0 Å². The molecule has 0 atom stereocenters. The minimum absolute atomic E-state index is 0.963. The summed E-state index contributed by atoms with van der Waals surface area (Å²) in [6.45, 7) is 0.963. The smallest absolute Gasteiger partial charge is 0.0202 e. The van der Waals surface area contributed by atoms with Gasteiger partial charge in [-0.3, -0.25) is 0 Å². The summed E-state index contributed by atoms with van der Waals surface area (Å²) >= 11 is 2.40. The van der Waals surface area contributed by atoms with Gasteiger partial charge in [0, 0.05) is 11.0 Å². The third-order valence-corrected chi connectivity index (χ3v) is 2.33. The van der Waals surface area contributed by atoms with Crippen molar-refractivity contribution in [3.63, 3.8) is 0 Å². The number of hydrogen-bond donors (Lipinski definition) is 1. The zero-order valence-corrected chi connectivity index (χ0v) is 9.47. The summed E-state index contributed by atoms with van der Waals surface area (Å²) in [5.41, 5.74) is 2.79. The summed E-state index contributed by atoms with van der Waals surface area (Å²) in [7, 11) is 1.97. The Morgan fingerprint density at radius 3 is 2.25 bits per heavy atom. The fraction of sp³-hybridized carbons (Fsp3) is 0.400. The standard InChI is InChI=1S/C10H14IN/c1-12-8-10-4-2-9(3-5-10)6-7-11/h2-5,12H,6-8H2,1H3. The van der Waals surface area contributed by atoms with E-state index in [-0.39, 0.29) is 0 Å². The lowest BCUT2D eigenvalue weighted by Crippen LogP contribution is -2.04. The van der Waals surface area contributed by atoms with E-state index >= 15 is 0 Å². The van der Waals surface area contributed by atoms with E-state index in [0.29, 0.717) is 0 Å². The van der Waals surface area contributed by atoms with E-state index in [0.717, 1.165) is 6.54 Å². The van der Waals surface area contributed by atoms with Crippen LogP contribution < -0.4 is 5.32 Å². The third kappa shape index (κ3) is 3.11. The number of nitrogens with one attached hydrogen (secondary N) is 1. The van der Waals surface area contributed by atoms with Crippen LogP contribution in [0.1, 0.15) is 11.1 Å². The molecule has 1 N–H and O–H groups in total. The Kier molecular flexibility index (Phi) is 4.61. The van der Waals surface area contributed by atoms with Gasteiger partial charge < -0.3 is 5.32 Å². The van der Waals surface area contributed by atoms with E-state index < -0.39 is 0 Å². The fourth-order valence-corrected chi connectivity index (χ4v) is 1.76. The molecule has 0 aliphatic carbocycles. The van der Waals surface area contributed by atoms with Crippen LogP contribution in [0.15, 0.2) is 24.3 Å². The summed E-state index contributed by atoms with van der Waals surface area (Å²) in [6, 6.07) is 8.81. The number of aryl methyl sites for hydroxylation is 1. The maximum atomic E-state index is 3.13. The minimum Gasteiger partial charge on any atom is -0.316 e. The number of benzene rings is 1. The first-order valence-electron chi connectivity index (χ1n) is 4.15. The summed E-state index contributed by atoms with van der Waals surface area (Å²) in [6.07, 6.45) is 1.18. The Morgan fingerprint density at radius 1 is 1.17 bits per heavy atom. The highest BCUT2D eigenvalue weighted by Crippen LogP contribution is 2.05. The van der Waals surface area contributed by atoms with E-state index in [1.165, 1.54) is 22.0 Å². The highest BCUT2D eigenvalue weighted by molar-refractivity contribution is 14.1. The fourth-order valence-electron chi connectivity index (χ4n) is 1.14. The Morgan fingerprint density at radius 2 is 1.75 bits per heavy atom. The quantitative estimate of drug-likeness (QED) is 0.657. The maximum absolute atomic E-state index is 3.13. The maximum Gasteiger partial charge on any atom is 0.0202 e. The van der Waals surface area contributed by atoms with Gasteiger partial charge in [0.1, 0.15) is 0 Å². The largest absolute Gasteiger partial charge is 0.316 e. The number of hydrogen-bond acceptors (Lipinski definition) is 1. The zero-order chi connectivity index (χ0) is 8.81. The van der Waals surface area contributed by atoms with Crippen molar-refractivity contribution in [2.75, 3.05) is 11.5 Å². The third-order valence-electron chi connectivity index (χ3n) is 1.79. The van der Waals surface area contributed by atoms with Crippen molar-refractivity contribution in [2.24, 2.45) is 0 Å². The van der Waals surface area contributed by atoms with Gasteiger partial charge in [-0.05, 0) is 24.6 Å². The topological polar surface area (TPSA) is 12.0 Å². The summed E-state index contributed by atoms with van der Waals surface area (Å²) < 4.78 is 1.20. The molecule has 0 fully saturated rings. The summed E-state index contributed by atoms with van der Waals surface area (Å²) in [4.78, 5) is 0. The predicted molar refractivity (Wildman–Crippen MR) is 61.8 cm³/mol. The molecule has 0 unspecified atom stereocenters. The molecule has 0 saturated carbocycles. The molecule has 0 saturated heterocycles. The Hall–Kier alpha value is -0.0900. The van der Waals surface area contributed by atoms with E-state index in [1.807, 2.05) is 7.05 Å². The van der Waals surface area contributed by atoms with E-state index in [1.54, 1.807) is 0 Å². The van der Waals surface area contributed by atoms with Crippen LogP contribution in [-0.4, -0.2) is 11.5 Å². The predicted octanol–water partition coefficient (Wildman–Crippen LogP) is 2.38. The SMILES string of the molecule is CNCc1ccc(CCI)cc1. The lowest BCUT2D eigenvalue weighted by Gasteiger charge is -2.01. The molecule has 1 rings (SSSR count). The first kappa shape index (κ1) is 9.99. The molecular weight excluding hydrogens is 261 g/mol. The Balaban J connectivity index is 2.58. The molecule has 0 aliphatic heterocycles. The van der Waals surface area contributed by atoms with Gasteiger partial charge in [0.05, 0.1) is 0 Å². The van der Waals surface area contributed by atoms with Crippen LogP contribution in [-0.2, 0) is 13.0 Å². The van der Waals surface area contributed by atoms with Gasteiger partial charge in [0.2, 0.25) is 0 Å². The number of halogens is 1. The van der Waals surface area contributed by atoms with Crippen molar-refractivity contribution < 1.29 is 0 Å². The number of alkyl halides is 1. The summed E-state index contributed by atoms with van der Waals surface area (Å²) in [5, 5.41) is 3.13. The van der Waals surface area contributed by atoms with Gasteiger partial charge in [-0.2, -0.15) is 0 Å². The van der Waals surface area contributed by atoms with Crippen molar-refractivity contribution in [3.8, 4) is 0 Å². The molecule has 2 heteroatoms. The van der Waals surface area contributed by atoms with E-state index in [4.69, 9.17) is 0 Å². The van der Waals surface area contributed by atoms with Crippen LogP contribution >= 0.6 is 22.6 Å². The van der Waals surface area contributed by atoms with Crippen molar-refractivity contribution in [2.45, 2.75) is 13.0 Å². The molecule has 0 spiro atoms. The van der Waals surface area contributed by atoms with Crippen LogP contribution in [0.25, 0.3) is 0 Å². The molecule has 0 aliphatic rings. The van der Waals surface area contributed by atoms with E-state index in [2.05, 4.69) is 52.2 Å². The highest BCUT2D eigenvalue weighted by atomic mass is 127. The van der Waals surface area contributed by atoms with Gasteiger partial charge >= 0.3 is 0 Å². The second kappa shape index (κ2) is 5.54. The molecule has 66 valence electrons. The first-order valence-corrected chi connectivity index (χ1v) is 5.67. The molecule has 0 radical (unpaired) electrons. The van der Waals surface area contributed by atoms with Crippen molar-refractivity contribution in [1.29, 1.82) is 0 Å². The average Bonchev–Trinajstić information content (AvgIpc) is 2.09. The molecule has 0 bridgehead atoms. The zero-order valence-electron chi connectivity index (χ0n) is 7.31. The molecule has 0 aromatic heterocycles. The van der Waals surface area contributed by atoms with E-state index in [9.17, 15) is 0 Å². The molecule has 1 aromatic rings. The minimum atomic E-state index is 0.963. The molecular formula is C10H14IN. The second-order valence-corrected chi connectivity index (χ2v) is 3.86. The molecule has 0 heterocycles. The Bertz CT molecular complexity index is 193. The monoisotopic (exact) mass is 275 g/mol. The van der Waals surface area contributed by atoms with Gasteiger partial charge in [-0.25, -0.2) is 0 Å². The lowest BCUT2D eigenvalue weighted by molar-refractivity contribution is 0.817. The first-order chi connectivity index (χ1) is 5.86. The van der Waals surface area contributed by atoms with Crippen LogP contribution in [0.4, 0.5) is 0 Å². The molecule has 0 amide bonds. The van der Waals surface area contributed by atoms with Crippen molar-refractivity contribution in [3.05, 3.63) is 35.4 Å². The van der Waals surface area contributed by atoms with Gasteiger partial charge in [0.15, 0.2) is 0 Å². The normalized spacial score (nSPS) is 10.2. The Labute approximate surface area is 87.7 Å². The second-order valence-electron chi connectivity index (χ2n) is 2.79. The average molecular weight is 275 g/mol. The lowest BCUT2D eigenvalue weighted by atomic mass is 10.1. The molecule has 1 aromatic carbocycles. The summed E-state index contributed by atoms with van der Waals surface area (Å²) in [5.74, 6) is 0. The highest BCUT2D eigenvalue weighted by Gasteiger charge is 1.92.